The summed E-state index contributed by atoms with van der Waals surface area (Å²) in [7, 11) is -9.91. The molecule has 0 aliphatic heterocycles. The fourth-order valence-electron chi connectivity index (χ4n) is 12.2. The Balaban J connectivity index is 5.12. The van der Waals surface area contributed by atoms with Gasteiger partial charge in [0.15, 0.2) is 12.2 Å². The normalized spacial score (nSPS) is 13.9. The van der Waals surface area contributed by atoms with Gasteiger partial charge in [-0.2, -0.15) is 0 Å². The Hall–Kier alpha value is -1.94. The molecule has 0 aliphatic carbocycles. The molecular weight excluding hydrogens is 1280 g/mol. The van der Waals surface area contributed by atoms with Crippen molar-refractivity contribution in [2.45, 2.75) is 432 Å². The minimum Gasteiger partial charge on any atom is -0.462 e. The van der Waals surface area contributed by atoms with Gasteiger partial charge in [0.05, 0.1) is 26.4 Å². The van der Waals surface area contributed by atoms with E-state index in [1.165, 1.54) is 225 Å². The van der Waals surface area contributed by atoms with Crippen LogP contribution in [0.3, 0.4) is 0 Å². The predicted octanol–water partition coefficient (Wildman–Crippen LogP) is 23.5. The van der Waals surface area contributed by atoms with Crippen LogP contribution in [0.2, 0.25) is 0 Å². The first kappa shape index (κ1) is 96.1. The van der Waals surface area contributed by atoms with E-state index in [4.69, 9.17) is 37.0 Å². The highest BCUT2D eigenvalue weighted by molar-refractivity contribution is 7.47. The summed E-state index contributed by atoms with van der Waals surface area (Å²) in [6.07, 6.45) is 60.2. The van der Waals surface area contributed by atoms with Crippen LogP contribution in [0.5, 0.6) is 0 Å². The van der Waals surface area contributed by atoms with E-state index in [1.54, 1.807) is 0 Å². The van der Waals surface area contributed by atoms with Gasteiger partial charge in [-0.1, -0.05) is 363 Å². The van der Waals surface area contributed by atoms with E-state index in [0.717, 1.165) is 108 Å². The molecule has 19 heteroatoms. The average Bonchev–Trinajstić information content (AvgIpc) is 1.29. The van der Waals surface area contributed by atoms with E-state index in [1.807, 2.05) is 0 Å². The van der Waals surface area contributed by atoms with Crippen molar-refractivity contribution in [1.82, 2.24) is 0 Å². The van der Waals surface area contributed by atoms with Gasteiger partial charge in [0.2, 0.25) is 0 Å². The second-order valence-corrected chi connectivity index (χ2v) is 32.3. The van der Waals surface area contributed by atoms with Crippen molar-refractivity contribution >= 4 is 39.5 Å². The third kappa shape index (κ3) is 72.4. The Kier molecular flexibility index (Phi) is 69.3. The van der Waals surface area contributed by atoms with Crippen molar-refractivity contribution in [3.63, 3.8) is 0 Å². The fourth-order valence-corrected chi connectivity index (χ4v) is 13.8. The van der Waals surface area contributed by atoms with Crippen molar-refractivity contribution in [1.29, 1.82) is 0 Å². The summed E-state index contributed by atoms with van der Waals surface area (Å²) in [6, 6.07) is 0. The van der Waals surface area contributed by atoms with Gasteiger partial charge in [0.1, 0.15) is 19.3 Å². The van der Waals surface area contributed by atoms with Crippen molar-refractivity contribution in [3.05, 3.63) is 0 Å². The molecule has 0 spiro atoms. The maximum atomic E-state index is 13.1. The van der Waals surface area contributed by atoms with Crippen LogP contribution in [-0.2, 0) is 65.4 Å². The van der Waals surface area contributed by atoms with Gasteiger partial charge in [-0.25, -0.2) is 9.13 Å². The zero-order chi connectivity index (χ0) is 72.1. The minimum absolute atomic E-state index is 0.106. The second kappa shape index (κ2) is 70.7. The number of hydrogen-bond acceptors (Lipinski definition) is 15. The van der Waals surface area contributed by atoms with Gasteiger partial charge < -0.3 is 33.8 Å². The van der Waals surface area contributed by atoms with Crippen molar-refractivity contribution in [2.24, 2.45) is 11.8 Å². The lowest BCUT2D eigenvalue weighted by molar-refractivity contribution is -0.161. The number of carbonyl (C=O) groups excluding carboxylic acids is 4. The van der Waals surface area contributed by atoms with E-state index >= 15 is 0 Å². The number of carbonyl (C=O) groups is 4. The van der Waals surface area contributed by atoms with E-state index in [2.05, 4.69) is 41.5 Å². The second-order valence-electron chi connectivity index (χ2n) is 29.4. The topological polar surface area (TPSA) is 237 Å². The third-order valence-corrected chi connectivity index (χ3v) is 20.4. The van der Waals surface area contributed by atoms with E-state index in [-0.39, 0.29) is 25.7 Å². The molecule has 98 heavy (non-hydrogen) atoms. The van der Waals surface area contributed by atoms with Crippen molar-refractivity contribution < 1.29 is 80.2 Å². The highest BCUT2D eigenvalue weighted by Gasteiger charge is 2.30. The van der Waals surface area contributed by atoms with Crippen LogP contribution in [0, 0.1) is 11.8 Å². The van der Waals surface area contributed by atoms with Gasteiger partial charge in [0.25, 0.3) is 0 Å². The zero-order valence-corrected chi connectivity index (χ0v) is 65.9. The molecule has 0 aliphatic rings. The number of rotatable bonds is 78. The molecule has 0 fully saturated rings. The monoisotopic (exact) mass is 1440 g/mol. The molecule has 0 rings (SSSR count). The molecular formula is C79H154O17P2. The fraction of sp³-hybridized carbons (Fsp3) is 0.949. The van der Waals surface area contributed by atoms with Crippen LogP contribution in [-0.4, -0.2) is 96.7 Å². The first-order valence-electron chi connectivity index (χ1n) is 41.0. The molecule has 0 amide bonds. The summed E-state index contributed by atoms with van der Waals surface area (Å²) in [6.45, 7) is 9.56. The van der Waals surface area contributed by atoms with Crippen molar-refractivity contribution in [2.75, 3.05) is 39.6 Å². The van der Waals surface area contributed by atoms with Crippen LogP contribution in [0.15, 0.2) is 0 Å². The van der Waals surface area contributed by atoms with Crippen molar-refractivity contribution in [3.8, 4) is 0 Å². The Morgan fingerprint density at radius 2 is 0.469 bits per heavy atom. The van der Waals surface area contributed by atoms with Gasteiger partial charge >= 0.3 is 39.5 Å². The lowest BCUT2D eigenvalue weighted by atomic mass is 10.0. The van der Waals surface area contributed by atoms with E-state index in [0.29, 0.717) is 25.7 Å². The molecule has 0 aromatic rings. The summed E-state index contributed by atoms with van der Waals surface area (Å²) >= 11 is 0. The molecule has 0 radical (unpaired) electrons. The van der Waals surface area contributed by atoms with Gasteiger partial charge in [-0.05, 0) is 37.5 Å². The standard InChI is InChI=1S/C79H154O17P2/c1-7-9-11-13-14-15-16-17-18-19-20-21-22-23-24-29-35-40-45-51-57-64-79(84)96-75(68-90-77(82)62-56-50-44-39-34-30-25-27-32-37-42-48-53-59-71(3)4)70-94-98(87,88)92-66-73(80)65-91-97(85,86)93-69-74(67-89-76(81)61-55-47-12-10-8-2)95-78(83)63-58-52-46-41-36-31-26-28-33-38-43-49-54-60-72(5)6/h71-75,80H,7-70H2,1-6H3,(H,85,86)(H,87,88)/t73-,74+,75+/m0/s1. The number of phosphoric acid groups is 2. The first-order valence-corrected chi connectivity index (χ1v) is 44.0. The molecule has 0 saturated heterocycles. The minimum atomic E-state index is -4.96. The molecule has 0 aromatic heterocycles. The van der Waals surface area contributed by atoms with E-state index in [9.17, 15) is 43.2 Å². The van der Waals surface area contributed by atoms with Crippen LogP contribution in [0.4, 0.5) is 0 Å². The predicted molar refractivity (Wildman–Crippen MR) is 400 cm³/mol. The maximum Gasteiger partial charge on any atom is 0.472 e. The Morgan fingerprint density at radius 1 is 0.276 bits per heavy atom. The number of aliphatic hydroxyl groups is 1. The molecule has 0 saturated carbocycles. The summed E-state index contributed by atoms with van der Waals surface area (Å²) < 4.78 is 68.4. The molecule has 5 atom stereocenters. The Labute approximate surface area is 600 Å². The van der Waals surface area contributed by atoms with Gasteiger partial charge in [-0.3, -0.25) is 37.3 Å². The van der Waals surface area contributed by atoms with Gasteiger partial charge in [0, 0.05) is 25.7 Å². The molecule has 0 bridgehead atoms. The number of hydrogen-bond donors (Lipinski definition) is 3. The summed E-state index contributed by atoms with van der Waals surface area (Å²) in [5.41, 5.74) is 0. The lowest BCUT2D eigenvalue weighted by Gasteiger charge is -2.21. The molecule has 0 aromatic carbocycles. The third-order valence-electron chi connectivity index (χ3n) is 18.5. The molecule has 582 valence electrons. The molecule has 0 heterocycles. The largest absolute Gasteiger partial charge is 0.472 e. The highest BCUT2D eigenvalue weighted by atomic mass is 31.2. The van der Waals surface area contributed by atoms with E-state index < -0.39 is 97.5 Å². The summed E-state index contributed by atoms with van der Waals surface area (Å²) in [5, 5.41) is 10.6. The number of phosphoric ester groups is 2. The number of unbranched alkanes of at least 4 members (excludes halogenated alkanes) is 48. The highest BCUT2D eigenvalue weighted by Crippen LogP contribution is 2.45. The van der Waals surface area contributed by atoms with Gasteiger partial charge in [-0.15, -0.1) is 0 Å². The molecule has 3 N–H and O–H groups in total. The Morgan fingerprint density at radius 3 is 0.694 bits per heavy atom. The smallest absolute Gasteiger partial charge is 0.462 e. The quantitative estimate of drug-likeness (QED) is 0.0222. The summed E-state index contributed by atoms with van der Waals surface area (Å²) in [5.74, 6) is -0.545. The number of ether oxygens (including phenoxy) is 4. The lowest BCUT2D eigenvalue weighted by Crippen LogP contribution is -2.30. The SMILES string of the molecule is CCCCCCCCCCCCCCCCCCCCCCCC(=O)O[C@H](COC(=O)CCCCCCCCCCCCCCCC(C)C)COP(=O)(O)OC[C@@H](O)COP(=O)(O)OC[C@@H](COC(=O)CCCCCCC)OC(=O)CCCCCCCCCCCCCCCC(C)C. The Bertz CT molecular complexity index is 1890. The summed E-state index contributed by atoms with van der Waals surface area (Å²) in [4.78, 5) is 72.6. The number of esters is 4. The van der Waals surface area contributed by atoms with Crippen LogP contribution >= 0.6 is 15.6 Å². The van der Waals surface area contributed by atoms with Crippen LogP contribution < -0.4 is 0 Å². The first-order chi connectivity index (χ1) is 47.4. The van der Waals surface area contributed by atoms with Crippen LogP contribution in [0.1, 0.15) is 414 Å². The van der Waals surface area contributed by atoms with Crippen LogP contribution in [0.25, 0.3) is 0 Å². The molecule has 2 unspecified atom stereocenters. The average molecular weight is 1440 g/mol. The number of aliphatic hydroxyl groups excluding tert-OH is 1. The maximum absolute atomic E-state index is 13.1. The zero-order valence-electron chi connectivity index (χ0n) is 64.1. The molecule has 17 nitrogen and oxygen atoms in total.